The number of ether oxygens (including phenoxy) is 1. The number of unbranched alkanes of at least 4 members (excludes halogenated alkanes) is 1. The molecule has 0 heterocycles. The molecule has 4 atom stereocenters. The summed E-state index contributed by atoms with van der Waals surface area (Å²) in [4.78, 5) is 41.7. The van der Waals surface area contributed by atoms with E-state index < -0.39 is 48.0 Å². The number of benzene rings is 1. The van der Waals surface area contributed by atoms with Crippen LogP contribution in [0, 0.1) is 0 Å². The number of carboxylic acids is 3. The molecule has 200 valence electrons. The number of esters is 1. The average Bonchev–Trinajstić information content (AvgIpc) is 2.80. The molecule has 0 aliphatic rings. The highest BCUT2D eigenvalue weighted by Crippen LogP contribution is 2.14. The SMILES string of the molecule is C[C@H](N)C(=O)O.NCCCC[C@H](N)C(=O)O.N[C@@H](Cc1ccc(OC(=O)[C@@H](N)CS)cc1)C(=O)O. The van der Waals surface area contributed by atoms with Crippen LogP contribution in [0.2, 0.25) is 0 Å². The molecular formula is C21H37N5O8S. The molecule has 13 nitrogen and oxygen atoms in total. The van der Waals surface area contributed by atoms with Gasteiger partial charge >= 0.3 is 23.9 Å². The molecule has 35 heavy (non-hydrogen) atoms. The molecule has 0 spiro atoms. The summed E-state index contributed by atoms with van der Waals surface area (Å²) in [5.74, 6) is -2.98. The normalized spacial score (nSPS) is 13.5. The Balaban J connectivity index is 0. The van der Waals surface area contributed by atoms with E-state index >= 15 is 0 Å². The summed E-state index contributed by atoms with van der Waals surface area (Å²) in [6.45, 7) is 2.02. The van der Waals surface area contributed by atoms with Gasteiger partial charge in [0.1, 0.15) is 29.9 Å². The maximum atomic E-state index is 11.4. The van der Waals surface area contributed by atoms with Crippen molar-refractivity contribution < 1.29 is 39.2 Å². The first-order valence-electron chi connectivity index (χ1n) is 10.6. The van der Waals surface area contributed by atoms with Crippen molar-refractivity contribution in [3.05, 3.63) is 29.8 Å². The van der Waals surface area contributed by atoms with Gasteiger partial charge in [-0.25, -0.2) is 4.79 Å². The Kier molecular flexibility index (Phi) is 19.2. The fourth-order valence-corrected chi connectivity index (χ4v) is 2.08. The van der Waals surface area contributed by atoms with E-state index in [4.69, 9.17) is 48.7 Å². The zero-order valence-corrected chi connectivity index (χ0v) is 20.5. The van der Waals surface area contributed by atoms with Crippen molar-refractivity contribution in [1.29, 1.82) is 0 Å². The highest BCUT2D eigenvalue weighted by atomic mass is 32.1. The summed E-state index contributed by atoms with van der Waals surface area (Å²) >= 11 is 3.90. The molecule has 0 radical (unpaired) electrons. The lowest BCUT2D eigenvalue weighted by Crippen LogP contribution is -2.35. The molecule has 0 saturated carbocycles. The van der Waals surface area contributed by atoms with Gasteiger partial charge in [-0.2, -0.15) is 12.6 Å². The van der Waals surface area contributed by atoms with Crippen molar-refractivity contribution >= 4 is 36.5 Å². The van der Waals surface area contributed by atoms with E-state index in [1.807, 2.05) is 0 Å². The zero-order valence-electron chi connectivity index (χ0n) is 19.6. The van der Waals surface area contributed by atoms with E-state index in [1.54, 1.807) is 24.3 Å². The topological polar surface area (TPSA) is 268 Å². The van der Waals surface area contributed by atoms with Crippen LogP contribution < -0.4 is 33.4 Å². The molecule has 0 aliphatic heterocycles. The lowest BCUT2D eigenvalue weighted by molar-refractivity contribution is -0.139. The molecule has 0 saturated heterocycles. The first kappa shape index (κ1) is 34.4. The van der Waals surface area contributed by atoms with Crippen LogP contribution in [0.3, 0.4) is 0 Å². The second-order valence-corrected chi connectivity index (χ2v) is 7.72. The van der Waals surface area contributed by atoms with Gasteiger partial charge in [0.05, 0.1) is 0 Å². The molecule has 1 aromatic carbocycles. The largest absolute Gasteiger partial charge is 0.480 e. The van der Waals surface area contributed by atoms with Crippen LogP contribution in [0.4, 0.5) is 0 Å². The smallest absolute Gasteiger partial charge is 0.329 e. The van der Waals surface area contributed by atoms with E-state index in [0.29, 0.717) is 18.7 Å². The molecule has 13 N–H and O–H groups in total. The zero-order chi connectivity index (χ0) is 27.6. The van der Waals surface area contributed by atoms with Gasteiger partial charge < -0.3 is 48.7 Å². The third kappa shape index (κ3) is 18.3. The van der Waals surface area contributed by atoms with Gasteiger partial charge in [0.25, 0.3) is 0 Å². The van der Waals surface area contributed by atoms with Gasteiger partial charge in [-0.15, -0.1) is 0 Å². The summed E-state index contributed by atoms with van der Waals surface area (Å²) in [6, 6.07) is 3.25. The second kappa shape index (κ2) is 19.5. The van der Waals surface area contributed by atoms with Crippen LogP contribution in [0.25, 0.3) is 0 Å². The Morgan fingerprint density at radius 2 is 1.34 bits per heavy atom. The van der Waals surface area contributed by atoms with E-state index in [-0.39, 0.29) is 12.2 Å². The Hall–Kier alpha value is -2.75. The average molecular weight is 520 g/mol. The Morgan fingerprint density at radius 1 is 0.857 bits per heavy atom. The van der Waals surface area contributed by atoms with Gasteiger partial charge in [-0.3, -0.25) is 14.4 Å². The number of hydrogen-bond donors (Lipinski definition) is 9. The Bertz CT molecular complexity index is 779. The fourth-order valence-electron chi connectivity index (χ4n) is 1.93. The van der Waals surface area contributed by atoms with E-state index in [0.717, 1.165) is 18.4 Å². The van der Waals surface area contributed by atoms with Gasteiger partial charge in [0.15, 0.2) is 0 Å². The van der Waals surface area contributed by atoms with Crippen molar-refractivity contribution in [1.82, 2.24) is 0 Å². The van der Waals surface area contributed by atoms with Crippen molar-refractivity contribution in [2.24, 2.45) is 28.7 Å². The van der Waals surface area contributed by atoms with Crippen LogP contribution in [0.1, 0.15) is 31.7 Å². The minimum Gasteiger partial charge on any atom is -0.480 e. The van der Waals surface area contributed by atoms with E-state index in [9.17, 15) is 19.2 Å². The number of hydrogen-bond acceptors (Lipinski definition) is 11. The summed E-state index contributed by atoms with van der Waals surface area (Å²) in [7, 11) is 0. The van der Waals surface area contributed by atoms with Crippen LogP contribution >= 0.6 is 12.6 Å². The summed E-state index contributed by atoms with van der Waals surface area (Å²) in [6.07, 6.45) is 2.37. The highest BCUT2D eigenvalue weighted by molar-refractivity contribution is 7.80. The maximum Gasteiger partial charge on any atom is 0.329 e. The summed E-state index contributed by atoms with van der Waals surface area (Å²) in [5.41, 5.74) is 26.9. The molecule has 0 aliphatic carbocycles. The summed E-state index contributed by atoms with van der Waals surface area (Å²) in [5, 5.41) is 24.9. The van der Waals surface area contributed by atoms with Crippen LogP contribution in [0.5, 0.6) is 5.75 Å². The minimum atomic E-state index is -1.06. The first-order valence-corrected chi connectivity index (χ1v) is 11.2. The van der Waals surface area contributed by atoms with Gasteiger partial charge in [-0.1, -0.05) is 18.6 Å². The van der Waals surface area contributed by atoms with Crippen LogP contribution in [-0.2, 0) is 25.6 Å². The minimum absolute atomic E-state index is 0.199. The molecule has 14 heteroatoms. The lowest BCUT2D eigenvalue weighted by atomic mass is 10.1. The quantitative estimate of drug-likeness (QED) is 0.0676. The molecule has 1 rings (SSSR count). The molecule has 0 bridgehead atoms. The Morgan fingerprint density at radius 3 is 1.71 bits per heavy atom. The first-order chi connectivity index (χ1) is 16.3. The molecule has 0 unspecified atom stereocenters. The van der Waals surface area contributed by atoms with Crippen LogP contribution in [0.15, 0.2) is 24.3 Å². The molecular weight excluding hydrogens is 482 g/mol. The van der Waals surface area contributed by atoms with Gasteiger partial charge in [0, 0.05) is 5.75 Å². The predicted molar refractivity (Wildman–Crippen MR) is 133 cm³/mol. The second-order valence-electron chi connectivity index (χ2n) is 7.36. The molecule has 0 aromatic heterocycles. The lowest BCUT2D eigenvalue weighted by Gasteiger charge is -2.10. The number of rotatable bonds is 12. The fraction of sp³-hybridized carbons (Fsp3) is 0.524. The number of carboxylic acid groups (broad SMARTS) is 3. The third-order valence-corrected chi connectivity index (χ3v) is 4.48. The van der Waals surface area contributed by atoms with Crippen molar-refractivity contribution in [2.45, 2.75) is 56.8 Å². The third-order valence-electron chi connectivity index (χ3n) is 4.09. The number of aliphatic carboxylic acids is 3. The van der Waals surface area contributed by atoms with Crippen molar-refractivity contribution in [3.8, 4) is 5.75 Å². The van der Waals surface area contributed by atoms with Crippen LogP contribution in [-0.4, -0.2) is 75.7 Å². The predicted octanol–water partition coefficient (Wildman–Crippen LogP) is -1.25. The molecule has 0 amide bonds. The molecule has 1 aromatic rings. The highest BCUT2D eigenvalue weighted by Gasteiger charge is 2.15. The monoisotopic (exact) mass is 519 g/mol. The standard InChI is InChI=1S/C12H16N2O4S.C6H14N2O2.C3H7NO2/c13-9(11(15)16)5-7-1-3-8(4-2-7)18-12(17)10(14)6-19;7-4-2-1-3-5(8)6(9)10;1-2(4)3(5)6/h1-4,9-10,19H,5-6,13-14H2,(H,15,16);5H,1-4,7-8H2,(H,9,10);2H,4H2,1H3,(H,5,6)/t9-,10-;5-;2-/m000/s1. The van der Waals surface area contributed by atoms with Crippen molar-refractivity contribution in [3.63, 3.8) is 0 Å². The Labute approximate surface area is 209 Å². The van der Waals surface area contributed by atoms with Gasteiger partial charge in [-0.05, 0) is 50.4 Å². The number of thiol groups is 1. The number of carbonyl (C=O) groups excluding carboxylic acids is 1. The van der Waals surface area contributed by atoms with Gasteiger partial charge in [0.2, 0.25) is 0 Å². The van der Waals surface area contributed by atoms with E-state index in [1.165, 1.54) is 6.92 Å². The number of nitrogens with two attached hydrogens (primary N) is 5. The van der Waals surface area contributed by atoms with E-state index in [2.05, 4.69) is 12.6 Å². The number of carbonyl (C=O) groups is 4. The molecule has 0 fully saturated rings. The maximum absolute atomic E-state index is 11.4. The summed E-state index contributed by atoms with van der Waals surface area (Å²) < 4.78 is 5.01. The van der Waals surface area contributed by atoms with Crippen molar-refractivity contribution in [2.75, 3.05) is 12.3 Å².